The van der Waals surface area contributed by atoms with E-state index in [0.29, 0.717) is 36.8 Å². The summed E-state index contributed by atoms with van der Waals surface area (Å²) in [7, 11) is 0. The molecular formula is C13H17ClN2O3. The minimum atomic E-state index is -0.384. The van der Waals surface area contributed by atoms with E-state index in [1.807, 2.05) is 0 Å². The summed E-state index contributed by atoms with van der Waals surface area (Å²) in [6, 6.07) is 4.78. The van der Waals surface area contributed by atoms with Gasteiger partial charge in [-0.25, -0.2) is 0 Å². The first-order valence-corrected chi connectivity index (χ1v) is 6.65. The largest absolute Gasteiger partial charge is 0.381 e. The summed E-state index contributed by atoms with van der Waals surface area (Å²) in [5.41, 5.74) is 6.41. The molecule has 104 valence electrons. The van der Waals surface area contributed by atoms with E-state index in [2.05, 4.69) is 0 Å². The topological polar surface area (TPSA) is 78.4 Å². The monoisotopic (exact) mass is 284 g/mol. The minimum Gasteiger partial charge on any atom is -0.381 e. The zero-order valence-corrected chi connectivity index (χ0v) is 11.4. The second-order valence-electron chi connectivity index (χ2n) is 4.99. The van der Waals surface area contributed by atoms with Crippen LogP contribution in [0.1, 0.15) is 18.4 Å². The first kappa shape index (κ1) is 14.2. The van der Waals surface area contributed by atoms with Gasteiger partial charge in [-0.15, -0.1) is 0 Å². The van der Waals surface area contributed by atoms with Crippen LogP contribution >= 0.6 is 11.6 Å². The Morgan fingerprint density at radius 3 is 2.68 bits per heavy atom. The smallest absolute Gasteiger partial charge is 0.274 e. The first-order valence-electron chi connectivity index (χ1n) is 6.28. The van der Waals surface area contributed by atoms with Crippen LogP contribution in [0.25, 0.3) is 0 Å². The van der Waals surface area contributed by atoms with Crippen molar-refractivity contribution in [3.8, 4) is 0 Å². The van der Waals surface area contributed by atoms with Crippen LogP contribution in [0.4, 0.5) is 5.69 Å². The van der Waals surface area contributed by atoms with E-state index < -0.39 is 0 Å². The average molecular weight is 285 g/mol. The van der Waals surface area contributed by atoms with Crippen LogP contribution in [-0.4, -0.2) is 24.7 Å². The fourth-order valence-corrected chi connectivity index (χ4v) is 2.76. The Morgan fingerprint density at radius 1 is 1.42 bits per heavy atom. The highest BCUT2D eigenvalue weighted by Gasteiger charge is 2.34. The Kier molecular flexibility index (Phi) is 4.39. The van der Waals surface area contributed by atoms with Gasteiger partial charge in [0, 0.05) is 24.8 Å². The molecule has 0 spiro atoms. The van der Waals surface area contributed by atoms with Crippen LogP contribution in [0.15, 0.2) is 18.2 Å². The number of benzene rings is 1. The molecule has 1 aromatic rings. The van der Waals surface area contributed by atoms with Gasteiger partial charge in [-0.2, -0.15) is 0 Å². The maximum atomic E-state index is 11.1. The first-order chi connectivity index (χ1) is 9.08. The van der Waals surface area contributed by atoms with Crippen LogP contribution < -0.4 is 5.73 Å². The SMILES string of the molecule is NCC1(Cc2c(Cl)cccc2[N+](=O)[O-])CCOCC1. The van der Waals surface area contributed by atoms with Crippen molar-refractivity contribution in [1.82, 2.24) is 0 Å². The number of nitrogens with zero attached hydrogens (tertiary/aromatic N) is 1. The maximum Gasteiger partial charge on any atom is 0.274 e. The van der Waals surface area contributed by atoms with Crippen molar-refractivity contribution in [1.29, 1.82) is 0 Å². The number of nitrogens with two attached hydrogens (primary N) is 1. The fraction of sp³-hybridized carbons (Fsp3) is 0.538. The third-order valence-electron chi connectivity index (χ3n) is 3.83. The van der Waals surface area contributed by atoms with Crippen molar-refractivity contribution >= 4 is 17.3 Å². The summed E-state index contributed by atoms with van der Waals surface area (Å²) in [6.07, 6.45) is 2.15. The van der Waals surface area contributed by atoms with E-state index in [4.69, 9.17) is 22.1 Å². The lowest BCUT2D eigenvalue weighted by molar-refractivity contribution is -0.385. The van der Waals surface area contributed by atoms with Gasteiger partial charge in [-0.05, 0) is 37.3 Å². The van der Waals surface area contributed by atoms with E-state index in [9.17, 15) is 10.1 Å². The van der Waals surface area contributed by atoms with E-state index in [0.717, 1.165) is 12.8 Å². The van der Waals surface area contributed by atoms with Crippen molar-refractivity contribution < 1.29 is 9.66 Å². The zero-order valence-electron chi connectivity index (χ0n) is 10.6. The second kappa shape index (κ2) is 5.86. The highest BCUT2D eigenvalue weighted by molar-refractivity contribution is 6.31. The van der Waals surface area contributed by atoms with E-state index >= 15 is 0 Å². The highest BCUT2D eigenvalue weighted by atomic mass is 35.5. The Bertz CT molecular complexity index is 473. The van der Waals surface area contributed by atoms with E-state index in [1.54, 1.807) is 12.1 Å². The molecule has 2 rings (SSSR count). The molecule has 1 aliphatic heterocycles. The summed E-state index contributed by atoms with van der Waals surface area (Å²) in [6.45, 7) is 1.78. The van der Waals surface area contributed by atoms with Crippen LogP contribution in [0.2, 0.25) is 5.02 Å². The van der Waals surface area contributed by atoms with Gasteiger partial charge in [0.2, 0.25) is 0 Å². The Balaban J connectivity index is 2.33. The molecule has 0 atom stereocenters. The van der Waals surface area contributed by atoms with Crippen molar-refractivity contribution in [2.45, 2.75) is 19.3 Å². The molecule has 19 heavy (non-hydrogen) atoms. The molecule has 1 fully saturated rings. The van der Waals surface area contributed by atoms with Gasteiger partial charge in [0.25, 0.3) is 5.69 Å². The number of nitro benzene ring substituents is 1. The van der Waals surface area contributed by atoms with E-state index in [1.165, 1.54) is 6.07 Å². The standard InChI is InChI=1S/C13H17ClN2O3/c14-11-2-1-3-12(16(17)18)10(11)8-13(9-15)4-6-19-7-5-13/h1-3H,4-9,15H2. The predicted molar refractivity (Wildman–Crippen MR) is 73.4 cm³/mol. The van der Waals surface area contributed by atoms with Crippen LogP contribution in [0.5, 0.6) is 0 Å². The molecule has 6 heteroatoms. The minimum absolute atomic E-state index is 0.0758. The van der Waals surface area contributed by atoms with Gasteiger partial charge in [-0.1, -0.05) is 17.7 Å². The summed E-state index contributed by atoms with van der Waals surface area (Å²) < 4.78 is 5.35. The van der Waals surface area contributed by atoms with Gasteiger partial charge >= 0.3 is 0 Å². The number of nitro groups is 1. The van der Waals surface area contributed by atoms with Crippen molar-refractivity contribution in [2.24, 2.45) is 11.1 Å². The summed E-state index contributed by atoms with van der Waals surface area (Å²) >= 11 is 6.14. The maximum absolute atomic E-state index is 11.1. The predicted octanol–water partition coefficient (Wildman–Crippen LogP) is 2.55. The lowest BCUT2D eigenvalue weighted by Gasteiger charge is -2.36. The van der Waals surface area contributed by atoms with E-state index in [-0.39, 0.29) is 16.0 Å². The van der Waals surface area contributed by atoms with Gasteiger partial charge in [0.05, 0.1) is 9.95 Å². The average Bonchev–Trinajstić information content (AvgIpc) is 2.42. The number of rotatable bonds is 4. The summed E-state index contributed by atoms with van der Waals surface area (Å²) in [5.74, 6) is 0. The Labute approximate surface area is 116 Å². The molecule has 1 aromatic carbocycles. The molecule has 1 aliphatic rings. The molecule has 0 aliphatic carbocycles. The molecule has 0 amide bonds. The summed E-state index contributed by atoms with van der Waals surface area (Å²) in [4.78, 5) is 10.7. The normalized spacial score (nSPS) is 18.2. The van der Waals surface area contributed by atoms with Crippen LogP contribution in [0, 0.1) is 15.5 Å². The molecule has 2 N–H and O–H groups in total. The quantitative estimate of drug-likeness (QED) is 0.681. The van der Waals surface area contributed by atoms with Crippen LogP contribution in [-0.2, 0) is 11.2 Å². The molecule has 1 saturated heterocycles. The van der Waals surface area contributed by atoms with Gasteiger partial charge < -0.3 is 10.5 Å². The molecule has 0 aromatic heterocycles. The number of hydrogen-bond donors (Lipinski definition) is 1. The van der Waals surface area contributed by atoms with Gasteiger partial charge in [-0.3, -0.25) is 10.1 Å². The van der Waals surface area contributed by atoms with Crippen molar-refractivity contribution in [2.75, 3.05) is 19.8 Å². The highest BCUT2D eigenvalue weighted by Crippen LogP contribution is 2.38. The molecular weight excluding hydrogens is 268 g/mol. The molecule has 0 bridgehead atoms. The van der Waals surface area contributed by atoms with Crippen molar-refractivity contribution in [3.05, 3.63) is 38.9 Å². The van der Waals surface area contributed by atoms with Gasteiger partial charge in [0.1, 0.15) is 0 Å². The Morgan fingerprint density at radius 2 is 2.11 bits per heavy atom. The summed E-state index contributed by atoms with van der Waals surface area (Å²) in [5, 5.41) is 11.5. The number of halogens is 1. The Hall–Kier alpha value is -1.17. The van der Waals surface area contributed by atoms with Crippen LogP contribution in [0.3, 0.4) is 0 Å². The molecule has 1 heterocycles. The molecule has 0 radical (unpaired) electrons. The molecule has 0 saturated carbocycles. The second-order valence-corrected chi connectivity index (χ2v) is 5.40. The molecule has 5 nitrogen and oxygen atoms in total. The lowest BCUT2D eigenvalue weighted by Crippen LogP contribution is -2.38. The van der Waals surface area contributed by atoms with Gasteiger partial charge in [0.15, 0.2) is 0 Å². The molecule has 0 unspecified atom stereocenters. The third-order valence-corrected chi connectivity index (χ3v) is 4.18. The third kappa shape index (κ3) is 3.05. The number of hydrogen-bond acceptors (Lipinski definition) is 4. The van der Waals surface area contributed by atoms with Crippen molar-refractivity contribution in [3.63, 3.8) is 0 Å². The lowest BCUT2D eigenvalue weighted by atomic mass is 9.75. The fourth-order valence-electron chi connectivity index (χ4n) is 2.53. The zero-order chi connectivity index (χ0) is 13.9. The number of ether oxygens (including phenoxy) is 1.